The minimum absolute atomic E-state index is 0.0897. The van der Waals surface area contributed by atoms with Gasteiger partial charge in [0.25, 0.3) is 0 Å². The summed E-state index contributed by atoms with van der Waals surface area (Å²) in [6, 6.07) is 5.40. The van der Waals surface area contributed by atoms with Gasteiger partial charge >= 0.3 is 6.18 Å². The third-order valence-electron chi connectivity index (χ3n) is 4.84. The van der Waals surface area contributed by atoms with E-state index in [0.29, 0.717) is 77.7 Å². The standard InChI is InChI=1S/C21H30F3N7O3/c22-21(23,24)17-4-2-1-3-16(17)15-27-19-28-18(26-6-10-33-14-13-32-9-5-25)29-20(30-19)31-7-11-34-12-8-31/h1-4H,5-15,25H2,(H2,26,27,28,29,30). The van der Waals surface area contributed by atoms with E-state index < -0.39 is 11.7 Å². The molecular formula is C21H30F3N7O3. The van der Waals surface area contributed by atoms with Crippen molar-refractivity contribution in [3.63, 3.8) is 0 Å². The summed E-state index contributed by atoms with van der Waals surface area (Å²) < 4.78 is 56.0. The number of alkyl halides is 3. The summed E-state index contributed by atoms with van der Waals surface area (Å²) in [7, 11) is 0. The molecule has 0 spiro atoms. The lowest BCUT2D eigenvalue weighted by atomic mass is 10.1. The van der Waals surface area contributed by atoms with Gasteiger partial charge in [0.05, 0.1) is 45.2 Å². The first kappa shape index (κ1) is 25.9. The van der Waals surface area contributed by atoms with E-state index in [-0.39, 0.29) is 18.1 Å². The molecule has 1 aromatic carbocycles. The maximum Gasteiger partial charge on any atom is 0.416 e. The van der Waals surface area contributed by atoms with Gasteiger partial charge in [-0.15, -0.1) is 0 Å². The Labute approximate surface area is 196 Å². The lowest BCUT2D eigenvalue weighted by Crippen LogP contribution is -2.37. The summed E-state index contributed by atoms with van der Waals surface area (Å²) in [6.07, 6.45) is -4.45. The van der Waals surface area contributed by atoms with Crippen molar-refractivity contribution in [1.29, 1.82) is 0 Å². The van der Waals surface area contributed by atoms with Crippen molar-refractivity contribution < 1.29 is 27.4 Å². The fourth-order valence-corrected chi connectivity index (χ4v) is 3.19. The van der Waals surface area contributed by atoms with Gasteiger partial charge in [-0.2, -0.15) is 28.1 Å². The molecule has 188 valence electrons. The van der Waals surface area contributed by atoms with Gasteiger partial charge in [-0.25, -0.2) is 0 Å². The summed E-state index contributed by atoms with van der Waals surface area (Å²) in [5, 5.41) is 5.98. The van der Waals surface area contributed by atoms with Crippen molar-refractivity contribution in [2.24, 2.45) is 5.73 Å². The predicted molar refractivity (Wildman–Crippen MR) is 121 cm³/mol. The highest BCUT2D eigenvalue weighted by atomic mass is 19.4. The van der Waals surface area contributed by atoms with E-state index in [0.717, 1.165) is 6.07 Å². The Bertz CT molecular complexity index is 883. The van der Waals surface area contributed by atoms with E-state index in [2.05, 4.69) is 25.6 Å². The fourth-order valence-electron chi connectivity index (χ4n) is 3.19. The zero-order valence-corrected chi connectivity index (χ0v) is 18.8. The number of nitrogens with one attached hydrogen (secondary N) is 2. The molecule has 0 aliphatic carbocycles. The highest BCUT2D eigenvalue weighted by Gasteiger charge is 2.32. The SMILES string of the molecule is NCCOCCOCCNc1nc(NCc2ccccc2C(F)(F)F)nc(N2CCOCC2)n1. The number of nitrogens with zero attached hydrogens (tertiary/aromatic N) is 4. The predicted octanol–water partition coefficient (Wildman–Crippen LogP) is 1.74. The van der Waals surface area contributed by atoms with Gasteiger partial charge in [0.15, 0.2) is 0 Å². The van der Waals surface area contributed by atoms with Gasteiger partial charge in [0, 0.05) is 32.7 Å². The van der Waals surface area contributed by atoms with Gasteiger partial charge in [0.1, 0.15) is 0 Å². The average molecular weight is 486 g/mol. The number of ether oxygens (including phenoxy) is 3. The summed E-state index contributed by atoms with van der Waals surface area (Å²) in [5.74, 6) is 0.890. The Morgan fingerprint density at radius 2 is 1.62 bits per heavy atom. The van der Waals surface area contributed by atoms with E-state index in [4.69, 9.17) is 19.9 Å². The molecule has 13 heteroatoms. The van der Waals surface area contributed by atoms with Crippen LogP contribution in [0, 0.1) is 0 Å². The minimum Gasteiger partial charge on any atom is -0.378 e. The van der Waals surface area contributed by atoms with Crippen molar-refractivity contribution in [3.05, 3.63) is 35.4 Å². The molecule has 3 rings (SSSR count). The van der Waals surface area contributed by atoms with Gasteiger partial charge in [0.2, 0.25) is 17.8 Å². The number of rotatable bonds is 13. The molecule has 1 saturated heterocycles. The summed E-state index contributed by atoms with van der Waals surface area (Å²) in [5.41, 5.74) is 4.76. The third kappa shape index (κ3) is 8.24. The molecule has 0 unspecified atom stereocenters. The van der Waals surface area contributed by atoms with Gasteiger partial charge in [-0.1, -0.05) is 18.2 Å². The van der Waals surface area contributed by atoms with Crippen LogP contribution < -0.4 is 21.3 Å². The van der Waals surface area contributed by atoms with Crippen LogP contribution in [-0.4, -0.2) is 80.8 Å². The molecule has 0 bridgehead atoms. The number of nitrogens with two attached hydrogens (primary N) is 1. The number of halogens is 3. The lowest BCUT2D eigenvalue weighted by Gasteiger charge is -2.27. The second kappa shape index (κ2) is 13.2. The van der Waals surface area contributed by atoms with Crippen LogP contribution in [0.3, 0.4) is 0 Å². The molecule has 1 aliphatic rings. The third-order valence-corrected chi connectivity index (χ3v) is 4.84. The number of aromatic nitrogens is 3. The van der Waals surface area contributed by atoms with Crippen LogP contribution in [0.25, 0.3) is 0 Å². The van der Waals surface area contributed by atoms with Crippen molar-refractivity contribution in [1.82, 2.24) is 15.0 Å². The summed E-state index contributed by atoms with van der Waals surface area (Å²) in [6.45, 7) is 4.86. The largest absolute Gasteiger partial charge is 0.416 e. The van der Waals surface area contributed by atoms with Crippen LogP contribution in [0.4, 0.5) is 31.0 Å². The molecule has 1 aromatic heterocycles. The first-order chi connectivity index (χ1) is 16.5. The van der Waals surface area contributed by atoms with Crippen molar-refractivity contribution in [2.75, 3.05) is 81.4 Å². The summed E-state index contributed by atoms with van der Waals surface area (Å²) in [4.78, 5) is 15.1. The van der Waals surface area contributed by atoms with E-state index in [1.807, 2.05) is 4.90 Å². The first-order valence-corrected chi connectivity index (χ1v) is 11.0. The average Bonchev–Trinajstić information content (AvgIpc) is 2.84. The van der Waals surface area contributed by atoms with E-state index >= 15 is 0 Å². The topological polar surface area (TPSA) is 120 Å². The number of anilines is 3. The van der Waals surface area contributed by atoms with E-state index in [1.165, 1.54) is 12.1 Å². The fraction of sp³-hybridized carbons (Fsp3) is 0.571. The Hall–Kier alpha value is -2.74. The molecule has 2 heterocycles. The number of benzene rings is 1. The second-order valence-electron chi connectivity index (χ2n) is 7.33. The van der Waals surface area contributed by atoms with Crippen LogP contribution in [-0.2, 0) is 26.9 Å². The highest BCUT2D eigenvalue weighted by Crippen LogP contribution is 2.32. The van der Waals surface area contributed by atoms with Crippen LogP contribution in [0.1, 0.15) is 11.1 Å². The zero-order chi connectivity index (χ0) is 24.2. The molecule has 1 fully saturated rings. The van der Waals surface area contributed by atoms with E-state index in [1.54, 1.807) is 6.07 Å². The van der Waals surface area contributed by atoms with Crippen LogP contribution in [0.5, 0.6) is 0 Å². The van der Waals surface area contributed by atoms with Crippen molar-refractivity contribution in [3.8, 4) is 0 Å². The number of hydrogen-bond acceptors (Lipinski definition) is 10. The lowest BCUT2D eigenvalue weighted by molar-refractivity contribution is -0.138. The number of hydrogen-bond donors (Lipinski definition) is 3. The van der Waals surface area contributed by atoms with E-state index in [9.17, 15) is 13.2 Å². The highest BCUT2D eigenvalue weighted by molar-refractivity contribution is 5.45. The van der Waals surface area contributed by atoms with Crippen LogP contribution in [0.2, 0.25) is 0 Å². The quantitative estimate of drug-likeness (QED) is 0.362. The molecule has 4 N–H and O–H groups in total. The van der Waals surface area contributed by atoms with Gasteiger partial charge in [-0.3, -0.25) is 0 Å². The minimum atomic E-state index is -4.45. The Morgan fingerprint density at radius 3 is 2.32 bits per heavy atom. The molecule has 2 aromatic rings. The molecular weight excluding hydrogens is 455 g/mol. The second-order valence-corrected chi connectivity index (χ2v) is 7.33. The Kier molecular flexibility index (Phi) is 10.1. The molecule has 0 atom stereocenters. The molecule has 0 saturated carbocycles. The van der Waals surface area contributed by atoms with Crippen molar-refractivity contribution >= 4 is 17.8 Å². The van der Waals surface area contributed by atoms with Crippen LogP contribution in [0.15, 0.2) is 24.3 Å². The maximum absolute atomic E-state index is 13.3. The smallest absolute Gasteiger partial charge is 0.378 e. The summed E-state index contributed by atoms with van der Waals surface area (Å²) >= 11 is 0. The first-order valence-electron chi connectivity index (χ1n) is 11.0. The zero-order valence-electron chi connectivity index (χ0n) is 18.8. The van der Waals surface area contributed by atoms with Crippen molar-refractivity contribution in [2.45, 2.75) is 12.7 Å². The monoisotopic (exact) mass is 485 g/mol. The van der Waals surface area contributed by atoms with Gasteiger partial charge in [-0.05, 0) is 11.6 Å². The normalized spacial score (nSPS) is 14.3. The van der Waals surface area contributed by atoms with Crippen LogP contribution >= 0.6 is 0 Å². The molecule has 0 radical (unpaired) electrons. The van der Waals surface area contributed by atoms with Gasteiger partial charge < -0.3 is 35.5 Å². The Morgan fingerprint density at radius 1 is 0.941 bits per heavy atom. The molecule has 1 aliphatic heterocycles. The maximum atomic E-state index is 13.3. The number of morpholine rings is 1. The molecule has 10 nitrogen and oxygen atoms in total. The molecule has 34 heavy (non-hydrogen) atoms. The molecule has 0 amide bonds. The Balaban J connectivity index is 1.64.